The molecule has 2 heterocycles. The Balaban J connectivity index is 1.81. The van der Waals surface area contributed by atoms with Crippen LogP contribution in [0.15, 0.2) is 42.7 Å². The van der Waals surface area contributed by atoms with Gasteiger partial charge in [-0.3, -0.25) is 4.79 Å². The van der Waals surface area contributed by atoms with Crippen molar-refractivity contribution in [3.63, 3.8) is 0 Å². The third kappa shape index (κ3) is 2.81. The Hall–Kier alpha value is -2.18. The van der Waals surface area contributed by atoms with Crippen LogP contribution in [0, 0.1) is 5.92 Å². The smallest absolute Gasteiger partial charge is 0.231 e. The number of anilines is 1. The van der Waals surface area contributed by atoms with Gasteiger partial charge in [0, 0.05) is 18.4 Å². The van der Waals surface area contributed by atoms with E-state index in [4.69, 9.17) is 4.74 Å². The molecule has 0 saturated carbocycles. The fraction of sp³-hybridized carbons (Fsp3) is 0.333. The van der Waals surface area contributed by atoms with Crippen molar-refractivity contribution < 1.29 is 9.53 Å². The first-order valence-corrected chi connectivity index (χ1v) is 6.94. The van der Waals surface area contributed by atoms with Crippen LogP contribution >= 0.6 is 0 Å². The minimum absolute atomic E-state index is 0.0357. The van der Waals surface area contributed by atoms with Gasteiger partial charge >= 0.3 is 0 Å². The third-order valence-corrected chi connectivity index (χ3v) is 3.70. The van der Waals surface area contributed by atoms with E-state index in [1.807, 2.05) is 43.6 Å². The minimum atomic E-state index is -0.180. The van der Waals surface area contributed by atoms with Gasteiger partial charge in [0.25, 0.3) is 0 Å². The van der Waals surface area contributed by atoms with Crippen LogP contribution in [-0.4, -0.2) is 42.0 Å². The normalized spacial score (nSPS) is 21.4. The molecule has 1 aromatic carbocycles. The lowest BCUT2D eigenvalue weighted by molar-refractivity contribution is -0.120. The molecule has 6 heteroatoms. The summed E-state index contributed by atoms with van der Waals surface area (Å²) in [5.41, 5.74) is 1.59. The van der Waals surface area contributed by atoms with Crippen LogP contribution in [0.3, 0.4) is 0 Å². The SMILES string of the molecule is CNC1COCC1C(=O)Nc1ccccc1-n1cccn1. The highest BCUT2D eigenvalue weighted by atomic mass is 16.5. The molecular formula is C15H18N4O2. The molecule has 3 rings (SSSR count). The highest BCUT2D eigenvalue weighted by Gasteiger charge is 2.33. The van der Waals surface area contributed by atoms with Crippen LogP contribution < -0.4 is 10.6 Å². The van der Waals surface area contributed by atoms with Crippen LogP contribution in [0.1, 0.15) is 0 Å². The first-order chi connectivity index (χ1) is 10.3. The summed E-state index contributed by atoms with van der Waals surface area (Å²) >= 11 is 0. The molecule has 1 aliphatic rings. The van der Waals surface area contributed by atoms with Crippen molar-refractivity contribution >= 4 is 11.6 Å². The number of carbonyl (C=O) groups excluding carboxylic acids is 1. The molecule has 21 heavy (non-hydrogen) atoms. The zero-order valence-electron chi connectivity index (χ0n) is 11.8. The number of likely N-dealkylation sites (N-methyl/N-ethyl adjacent to an activating group) is 1. The number of nitrogens with one attached hydrogen (secondary N) is 2. The Labute approximate surface area is 123 Å². The van der Waals surface area contributed by atoms with E-state index in [0.29, 0.717) is 13.2 Å². The molecular weight excluding hydrogens is 268 g/mol. The van der Waals surface area contributed by atoms with Crippen LogP contribution in [0.25, 0.3) is 5.69 Å². The first kappa shape index (κ1) is 13.8. The highest BCUT2D eigenvalue weighted by Crippen LogP contribution is 2.22. The van der Waals surface area contributed by atoms with E-state index < -0.39 is 0 Å². The van der Waals surface area contributed by atoms with Crippen molar-refractivity contribution in [3.8, 4) is 5.69 Å². The van der Waals surface area contributed by atoms with Crippen LogP contribution in [-0.2, 0) is 9.53 Å². The topological polar surface area (TPSA) is 68.2 Å². The lowest BCUT2D eigenvalue weighted by Crippen LogP contribution is -2.39. The van der Waals surface area contributed by atoms with Gasteiger partial charge in [-0.2, -0.15) is 5.10 Å². The van der Waals surface area contributed by atoms with Crippen molar-refractivity contribution in [2.45, 2.75) is 6.04 Å². The molecule has 2 unspecified atom stereocenters. The Bertz CT molecular complexity index is 612. The number of benzene rings is 1. The summed E-state index contributed by atoms with van der Waals surface area (Å²) in [6.07, 6.45) is 3.56. The second-order valence-corrected chi connectivity index (χ2v) is 5.00. The van der Waals surface area contributed by atoms with Gasteiger partial charge in [0.15, 0.2) is 0 Å². The fourth-order valence-electron chi connectivity index (χ4n) is 2.51. The largest absolute Gasteiger partial charge is 0.379 e. The average molecular weight is 286 g/mol. The molecule has 1 aliphatic heterocycles. The molecule has 0 radical (unpaired) electrons. The quantitative estimate of drug-likeness (QED) is 0.881. The number of ether oxygens (including phenoxy) is 1. The van der Waals surface area contributed by atoms with Gasteiger partial charge in [0.05, 0.1) is 30.5 Å². The highest BCUT2D eigenvalue weighted by molar-refractivity contribution is 5.95. The van der Waals surface area contributed by atoms with Crippen molar-refractivity contribution in [2.24, 2.45) is 5.92 Å². The molecule has 6 nitrogen and oxygen atoms in total. The van der Waals surface area contributed by atoms with Gasteiger partial charge in [0.1, 0.15) is 0 Å². The maximum absolute atomic E-state index is 12.4. The number of amides is 1. The van der Waals surface area contributed by atoms with E-state index in [-0.39, 0.29) is 17.9 Å². The molecule has 0 spiro atoms. The fourth-order valence-corrected chi connectivity index (χ4v) is 2.51. The Morgan fingerprint density at radius 1 is 1.33 bits per heavy atom. The molecule has 2 N–H and O–H groups in total. The minimum Gasteiger partial charge on any atom is -0.379 e. The zero-order valence-corrected chi connectivity index (χ0v) is 11.8. The second-order valence-electron chi connectivity index (χ2n) is 5.00. The van der Waals surface area contributed by atoms with E-state index in [1.54, 1.807) is 10.9 Å². The molecule has 110 valence electrons. The predicted octanol–water partition coefficient (Wildman–Crippen LogP) is 1.05. The molecule has 0 bridgehead atoms. The lowest BCUT2D eigenvalue weighted by atomic mass is 10.0. The van der Waals surface area contributed by atoms with Crippen LogP contribution in [0.4, 0.5) is 5.69 Å². The van der Waals surface area contributed by atoms with Gasteiger partial charge in [-0.05, 0) is 25.2 Å². The van der Waals surface area contributed by atoms with E-state index in [1.165, 1.54) is 0 Å². The van der Waals surface area contributed by atoms with E-state index in [2.05, 4.69) is 15.7 Å². The maximum Gasteiger partial charge on any atom is 0.231 e. The number of nitrogens with zero attached hydrogens (tertiary/aromatic N) is 2. The summed E-state index contributed by atoms with van der Waals surface area (Å²) < 4.78 is 7.11. The van der Waals surface area contributed by atoms with E-state index in [9.17, 15) is 4.79 Å². The summed E-state index contributed by atoms with van der Waals surface area (Å²) in [4.78, 5) is 12.4. The number of carbonyl (C=O) groups is 1. The predicted molar refractivity (Wildman–Crippen MR) is 79.4 cm³/mol. The summed E-state index contributed by atoms with van der Waals surface area (Å²) in [7, 11) is 1.84. The number of para-hydroxylation sites is 2. The van der Waals surface area contributed by atoms with Crippen molar-refractivity contribution in [1.29, 1.82) is 0 Å². The van der Waals surface area contributed by atoms with Crippen molar-refractivity contribution in [2.75, 3.05) is 25.6 Å². The van der Waals surface area contributed by atoms with Crippen LogP contribution in [0.5, 0.6) is 0 Å². The van der Waals surface area contributed by atoms with Gasteiger partial charge in [-0.15, -0.1) is 0 Å². The summed E-state index contributed by atoms with van der Waals surface area (Å²) in [6.45, 7) is 1.01. The number of hydrogen-bond donors (Lipinski definition) is 2. The third-order valence-electron chi connectivity index (χ3n) is 3.70. The van der Waals surface area contributed by atoms with Gasteiger partial charge in [-0.25, -0.2) is 4.68 Å². The number of rotatable bonds is 4. The Morgan fingerprint density at radius 2 is 2.19 bits per heavy atom. The standard InChI is InChI=1S/C15H18N4O2/c1-16-13-10-21-9-11(13)15(20)18-12-5-2-3-6-14(12)19-8-4-7-17-19/h2-8,11,13,16H,9-10H2,1H3,(H,18,20). The lowest BCUT2D eigenvalue weighted by Gasteiger charge is -2.17. The van der Waals surface area contributed by atoms with Crippen molar-refractivity contribution in [1.82, 2.24) is 15.1 Å². The zero-order chi connectivity index (χ0) is 14.7. The number of hydrogen-bond acceptors (Lipinski definition) is 4. The molecule has 1 aromatic heterocycles. The van der Waals surface area contributed by atoms with E-state index in [0.717, 1.165) is 11.4 Å². The second kappa shape index (κ2) is 6.07. The monoisotopic (exact) mass is 286 g/mol. The van der Waals surface area contributed by atoms with Crippen LogP contribution in [0.2, 0.25) is 0 Å². The molecule has 0 aliphatic carbocycles. The molecule has 1 fully saturated rings. The summed E-state index contributed by atoms with van der Waals surface area (Å²) in [6, 6.07) is 9.51. The summed E-state index contributed by atoms with van der Waals surface area (Å²) in [5.74, 6) is -0.216. The molecule has 2 atom stereocenters. The first-order valence-electron chi connectivity index (χ1n) is 6.94. The average Bonchev–Trinajstić information content (AvgIpc) is 3.19. The Morgan fingerprint density at radius 3 is 2.95 bits per heavy atom. The number of aromatic nitrogens is 2. The maximum atomic E-state index is 12.4. The van der Waals surface area contributed by atoms with E-state index >= 15 is 0 Å². The molecule has 2 aromatic rings. The van der Waals surface area contributed by atoms with Gasteiger partial charge in [0.2, 0.25) is 5.91 Å². The Kier molecular flexibility index (Phi) is 3.98. The van der Waals surface area contributed by atoms with Crippen molar-refractivity contribution in [3.05, 3.63) is 42.7 Å². The van der Waals surface area contributed by atoms with Gasteiger partial charge in [-0.1, -0.05) is 12.1 Å². The molecule has 1 saturated heterocycles. The summed E-state index contributed by atoms with van der Waals surface area (Å²) in [5, 5.41) is 10.3. The van der Waals surface area contributed by atoms with Gasteiger partial charge < -0.3 is 15.4 Å². The molecule has 1 amide bonds.